The van der Waals surface area contributed by atoms with Crippen molar-refractivity contribution >= 4 is 17.6 Å². The Morgan fingerprint density at radius 1 is 1.24 bits per heavy atom. The van der Waals surface area contributed by atoms with Gasteiger partial charge in [0.25, 0.3) is 0 Å². The minimum atomic E-state index is -1.00. The number of carbonyl (C=O) groups is 2. The van der Waals surface area contributed by atoms with Crippen LogP contribution < -0.4 is 4.90 Å². The fraction of sp³-hybridized carbons (Fsp3) is 0.300. The molecule has 1 amide bonds. The van der Waals surface area contributed by atoms with Gasteiger partial charge in [0.1, 0.15) is 5.82 Å². The molecule has 0 aromatic heterocycles. The molecule has 1 heterocycles. The van der Waals surface area contributed by atoms with E-state index in [1.807, 2.05) is 13.8 Å². The average molecular weight is 339 g/mol. The Hall–Kier alpha value is -2.69. The van der Waals surface area contributed by atoms with Crippen molar-refractivity contribution in [3.63, 3.8) is 0 Å². The summed E-state index contributed by atoms with van der Waals surface area (Å²) in [5, 5.41) is 9.15. The van der Waals surface area contributed by atoms with Gasteiger partial charge in [-0.3, -0.25) is 4.79 Å². The number of carboxylic acid groups (broad SMARTS) is 1. The van der Waals surface area contributed by atoms with Gasteiger partial charge >= 0.3 is 5.97 Å². The molecule has 2 aromatic rings. The molecule has 1 aliphatic heterocycles. The van der Waals surface area contributed by atoms with Crippen molar-refractivity contribution in [1.29, 1.82) is 0 Å². The van der Waals surface area contributed by atoms with Gasteiger partial charge in [-0.25, -0.2) is 9.18 Å². The lowest BCUT2D eigenvalue weighted by Gasteiger charge is -2.19. The van der Waals surface area contributed by atoms with Crippen molar-refractivity contribution in [3.8, 4) is 0 Å². The van der Waals surface area contributed by atoms with Gasteiger partial charge in [-0.15, -0.1) is 0 Å². The van der Waals surface area contributed by atoms with Gasteiger partial charge in [0.2, 0.25) is 5.91 Å². The highest BCUT2D eigenvalue weighted by molar-refractivity contribution is 6.11. The number of benzene rings is 2. The molecule has 0 bridgehead atoms. The quantitative estimate of drug-likeness (QED) is 0.927. The second kappa shape index (κ2) is 4.91. The van der Waals surface area contributed by atoms with E-state index in [0.29, 0.717) is 6.42 Å². The van der Waals surface area contributed by atoms with Crippen LogP contribution in [0.15, 0.2) is 42.5 Å². The molecule has 1 aliphatic carbocycles. The Morgan fingerprint density at radius 3 is 2.60 bits per heavy atom. The number of amides is 1. The van der Waals surface area contributed by atoms with E-state index >= 15 is 0 Å². The third kappa shape index (κ3) is 2.11. The Labute approximate surface area is 144 Å². The minimum absolute atomic E-state index is 0.0289. The number of halogens is 1. The number of carboxylic acids is 1. The number of nitrogens with zero attached hydrogens (tertiary/aromatic N) is 1. The first-order valence-corrected chi connectivity index (χ1v) is 8.20. The SMILES string of the molecule is CC1(C)CC12C(=O)N(Cc1cccc(C(=O)O)c1)c1ccc(F)cc12. The van der Waals surface area contributed by atoms with Gasteiger partial charge in [-0.05, 0) is 53.3 Å². The number of anilines is 1. The van der Waals surface area contributed by atoms with Crippen molar-refractivity contribution in [2.24, 2.45) is 5.41 Å². The van der Waals surface area contributed by atoms with E-state index in [-0.39, 0.29) is 29.2 Å². The van der Waals surface area contributed by atoms with Crippen LogP contribution >= 0.6 is 0 Å². The minimum Gasteiger partial charge on any atom is -0.478 e. The van der Waals surface area contributed by atoms with Gasteiger partial charge < -0.3 is 10.0 Å². The maximum Gasteiger partial charge on any atom is 0.335 e. The molecule has 1 atom stereocenters. The molecular weight excluding hydrogens is 321 g/mol. The number of hydrogen-bond donors (Lipinski definition) is 1. The highest BCUT2D eigenvalue weighted by atomic mass is 19.1. The molecule has 2 aliphatic rings. The first-order valence-electron chi connectivity index (χ1n) is 8.20. The molecule has 2 aromatic carbocycles. The summed E-state index contributed by atoms with van der Waals surface area (Å²) in [7, 11) is 0. The highest BCUT2D eigenvalue weighted by Crippen LogP contribution is 2.69. The monoisotopic (exact) mass is 339 g/mol. The Balaban J connectivity index is 1.76. The first kappa shape index (κ1) is 15.8. The van der Waals surface area contributed by atoms with Crippen LogP contribution in [0.25, 0.3) is 0 Å². The lowest BCUT2D eigenvalue weighted by Crippen LogP contribution is -2.34. The van der Waals surface area contributed by atoms with Crippen LogP contribution in [0.3, 0.4) is 0 Å². The third-order valence-electron chi connectivity index (χ3n) is 5.57. The second-order valence-corrected chi connectivity index (χ2v) is 7.52. The van der Waals surface area contributed by atoms with E-state index in [2.05, 4.69) is 0 Å². The Morgan fingerprint density at radius 2 is 1.96 bits per heavy atom. The summed E-state index contributed by atoms with van der Waals surface area (Å²) in [6, 6.07) is 11.0. The van der Waals surface area contributed by atoms with Crippen molar-refractivity contribution in [1.82, 2.24) is 0 Å². The number of aromatic carboxylic acids is 1. The van der Waals surface area contributed by atoms with Crippen LogP contribution in [-0.2, 0) is 16.8 Å². The van der Waals surface area contributed by atoms with E-state index in [1.165, 1.54) is 18.2 Å². The normalized spacial score (nSPS) is 23.0. The van der Waals surface area contributed by atoms with E-state index in [1.54, 1.807) is 29.2 Å². The predicted molar refractivity (Wildman–Crippen MR) is 91.1 cm³/mol. The zero-order valence-corrected chi connectivity index (χ0v) is 14.0. The van der Waals surface area contributed by atoms with Gasteiger partial charge in [0.15, 0.2) is 0 Å². The standard InChI is InChI=1S/C20H18FNO3/c1-19(2)11-20(19)15-9-14(21)6-7-16(15)22(18(20)25)10-12-4-3-5-13(8-12)17(23)24/h3-9H,10-11H2,1-2H3,(H,23,24). The second-order valence-electron chi connectivity index (χ2n) is 7.52. The van der Waals surface area contributed by atoms with Crippen molar-refractivity contribution in [3.05, 3.63) is 65.0 Å². The van der Waals surface area contributed by atoms with Crippen molar-refractivity contribution < 1.29 is 19.1 Å². The lowest BCUT2D eigenvalue weighted by atomic mass is 9.89. The van der Waals surface area contributed by atoms with Gasteiger partial charge in [-0.1, -0.05) is 26.0 Å². The van der Waals surface area contributed by atoms with Crippen molar-refractivity contribution in [2.45, 2.75) is 32.2 Å². The summed E-state index contributed by atoms with van der Waals surface area (Å²) in [5.41, 5.74) is 1.53. The van der Waals surface area contributed by atoms with Crippen LogP contribution in [0.1, 0.15) is 41.8 Å². The summed E-state index contributed by atoms with van der Waals surface area (Å²) < 4.78 is 13.8. The maximum atomic E-state index is 13.8. The summed E-state index contributed by atoms with van der Waals surface area (Å²) in [6.45, 7) is 4.32. The van der Waals surface area contributed by atoms with Crippen molar-refractivity contribution in [2.75, 3.05) is 4.90 Å². The molecule has 1 fully saturated rings. The summed E-state index contributed by atoms with van der Waals surface area (Å²) in [6.07, 6.45) is 0.695. The molecule has 1 N–H and O–H groups in total. The van der Waals surface area contributed by atoms with Gasteiger partial charge in [0, 0.05) is 5.69 Å². The van der Waals surface area contributed by atoms with Gasteiger partial charge in [-0.2, -0.15) is 0 Å². The molecule has 128 valence electrons. The number of rotatable bonds is 3. The molecule has 1 saturated carbocycles. The predicted octanol–water partition coefficient (Wildman–Crippen LogP) is 3.74. The smallest absolute Gasteiger partial charge is 0.335 e. The molecule has 0 saturated heterocycles. The third-order valence-corrected chi connectivity index (χ3v) is 5.57. The van der Waals surface area contributed by atoms with Gasteiger partial charge in [0.05, 0.1) is 17.5 Å². The Bertz CT molecular complexity index is 921. The molecule has 0 radical (unpaired) electrons. The van der Waals surface area contributed by atoms with Crippen LogP contribution in [0, 0.1) is 11.2 Å². The van der Waals surface area contributed by atoms with E-state index in [4.69, 9.17) is 5.11 Å². The van der Waals surface area contributed by atoms with E-state index < -0.39 is 11.4 Å². The summed E-state index contributed by atoms with van der Waals surface area (Å²) in [4.78, 5) is 26.0. The molecule has 25 heavy (non-hydrogen) atoms. The largest absolute Gasteiger partial charge is 0.478 e. The molecule has 5 heteroatoms. The molecule has 4 nitrogen and oxygen atoms in total. The Kier molecular flexibility index (Phi) is 3.11. The molecule has 4 rings (SSSR count). The zero-order valence-electron chi connectivity index (χ0n) is 14.0. The van der Waals surface area contributed by atoms with Crippen LogP contribution in [0.4, 0.5) is 10.1 Å². The molecular formula is C20H18FNO3. The maximum absolute atomic E-state index is 13.8. The topological polar surface area (TPSA) is 57.6 Å². The lowest BCUT2D eigenvalue weighted by molar-refractivity contribution is -0.121. The first-order chi connectivity index (χ1) is 11.8. The molecule has 1 unspecified atom stereocenters. The number of fused-ring (bicyclic) bond motifs is 2. The van der Waals surface area contributed by atoms with Crippen LogP contribution in [0.2, 0.25) is 0 Å². The fourth-order valence-electron chi connectivity index (χ4n) is 4.13. The average Bonchev–Trinajstić information content (AvgIpc) is 3.08. The van der Waals surface area contributed by atoms with E-state index in [9.17, 15) is 14.0 Å². The highest BCUT2D eigenvalue weighted by Gasteiger charge is 2.71. The summed E-state index contributed by atoms with van der Waals surface area (Å²) >= 11 is 0. The summed E-state index contributed by atoms with van der Waals surface area (Å²) in [5.74, 6) is -1.38. The van der Waals surface area contributed by atoms with Crippen LogP contribution in [0.5, 0.6) is 0 Å². The number of hydrogen-bond acceptors (Lipinski definition) is 2. The fourth-order valence-corrected chi connectivity index (χ4v) is 4.13. The zero-order chi connectivity index (χ0) is 18.0. The number of carbonyl (C=O) groups excluding carboxylic acids is 1. The molecule has 1 spiro atoms. The van der Waals surface area contributed by atoms with E-state index in [0.717, 1.165) is 16.8 Å². The van der Waals surface area contributed by atoms with Crippen LogP contribution in [-0.4, -0.2) is 17.0 Å².